The average molecular weight is 269 g/mol. The Morgan fingerprint density at radius 2 is 1.95 bits per heavy atom. The van der Waals surface area contributed by atoms with E-state index in [4.69, 9.17) is 0 Å². The van der Waals surface area contributed by atoms with Crippen molar-refractivity contribution >= 4 is 5.69 Å². The summed E-state index contributed by atoms with van der Waals surface area (Å²) >= 11 is 0. The predicted molar refractivity (Wildman–Crippen MR) is 78.0 cm³/mol. The molecular weight excluding hydrogens is 250 g/mol. The van der Waals surface area contributed by atoms with E-state index < -0.39 is 0 Å². The highest BCUT2D eigenvalue weighted by atomic mass is 15.4. The molecule has 5 nitrogen and oxygen atoms in total. The molecule has 2 aliphatic heterocycles. The van der Waals surface area contributed by atoms with Crippen molar-refractivity contribution in [1.29, 1.82) is 0 Å². The molecule has 20 heavy (non-hydrogen) atoms. The minimum Gasteiger partial charge on any atom is -0.372 e. The highest BCUT2D eigenvalue weighted by Crippen LogP contribution is 2.26. The highest BCUT2D eigenvalue weighted by molar-refractivity contribution is 5.56. The molecule has 5 heteroatoms. The molecule has 2 aliphatic rings. The topological polar surface area (TPSA) is 46.0 Å². The first-order valence-corrected chi connectivity index (χ1v) is 7.40. The van der Waals surface area contributed by atoms with Gasteiger partial charge in [0.05, 0.1) is 17.6 Å². The number of piperidine rings is 1. The molecule has 104 valence electrons. The van der Waals surface area contributed by atoms with Crippen LogP contribution in [0, 0.1) is 0 Å². The summed E-state index contributed by atoms with van der Waals surface area (Å²) < 4.78 is 1.95. The summed E-state index contributed by atoms with van der Waals surface area (Å²) in [5, 5.41) is 11.7. The third kappa shape index (κ3) is 1.98. The van der Waals surface area contributed by atoms with E-state index >= 15 is 0 Å². The monoisotopic (exact) mass is 269 g/mol. The van der Waals surface area contributed by atoms with Crippen LogP contribution in [0.4, 0.5) is 5.69 Å². The van der Waals surface area contributed by atoms with Crippen LogP contribution in [0.3, 0.4) is 0 Å². The van der Waals surface area contributed by atoms with Gasteiger partial charge in [-0.3, -0.25) is 0 Å². The first kappa shape index (κ1) is 11.9. The Kier molecular flexibility index (Phi) is 2.92. The smallest absolute Gasteiger partial charge is 0.0783 e. The number of aromatic nitrogens is 3. The Hall–Kier alpha value is -1.88. The molecule has 1 fully saturated rings. The molecule has 1 aromatic heterocycles. The number of anilines is 1. The number of nitrogens with zero attached hydrogens (tertiary/aromatic N) is 4. The lowest BCUT2D eigenvalue weighted by atomic mass is 10.1. The van der Waals surface area contributed by atoms with Gasteiger partial charge in [0.1, 0.15) is 0 Å². The number of benzene rings is 1. The maximum atomic E-state index is 4.21. The zero-order valence-electron chi connectivity index (χ0n) is 11.5. The Morgan fingerprint density at radius 3 is 2.85 bits per heavy atom. The molecular formula is C15H19N5. The standard InChI is InChI=1S/C15H19N5/c1-2-6-19(7-3-1)13-4-5-15-12(8-13)9-16-10-14-11-17-18-20(14)15/h4-5,8,11,16H,1-3,6-7,9-10H2. The van der Waals surface area contributed by atoms with Gasteiger partial charge in [-0.25, -0.2) is 4.68 Å². The highest BCUT2D eigenvalue weighted by Gasteiger charge is 2.17. The number of fused-ring (bicyclic) bond motifs is 3. The Morgan fingerprint density at radius 1 is 1.05 bits per heavy atom. The zero-order valence-corrected chi connectivity index (χ0v) is 11.5. The fourth-order valence-corrected chi connectivity index (χ4v) is 3.17. The van der Waals surface area contributed by atoms with E-state index in [1.165, 1.54) is 43.6 Å². The van der Waals surface area contributed by atoms with Crippen LogP contribution in [0.1, 0.15) is 30.5 Å². The summed E-state index contributed by atoms with van der Waals surface area (Å²) in [6.45, 7) is 4.07. The molecule has 0 spiro atoms. The van der Waals surface area contributed by atoms with Gasteiger partial charge in [-0.15, -0.1) is 5.10 Å². The van der Waals surface area contributed by atoms with Crippen LogP contribution in [0.25, 0.3) is 5.69 Å². The molecule has 2 aromatic rings. The van der Waals surface area contributed by atoms with Crippen molar-refractivity contribution in [2.75, 3.05) is 18.0 Å². The molecule has 0 bridgehead atoms. The van der Waals surface area contributed by atoms with Gasteiger partial charge in [0, 0.05) is 31.9 Å². The van der Waals surface area contributed by atoms with Crippen molar-refractivity contribution in [2.45, 2.75) is 32.4 Å². The summed E-state index contributed by atoms with van der Waals surface area (Å²) in [6, 6.07) is 6.72. The number of rotatable bonds is 1. The van der Waals surface area contributed by atoms with Crippen LogP contribution in [0.5, 0.6) is 0 Å². The van der Waals surface area contributed by atoms with Crippen LogP contribution in [-0.4, -0.2) is 28.1 Å². The molecule has 0 aliphatic carbocycles. The van der Waals surface area contributed by atoms with Crippen molar-refractivity contribution < 1.29 is 0 Å². The van der Waals surface area contributed by atoms with E-state index in [9.17, 15) is 0 Å². The summed E-state index contributed by atoms with van der Waals surface area (Å²) in [5.74, 6) is 0. The molecule has 0 radical (unpaired) electrons. The summed E-state index contributed by atoms with van der Waals surface area (Å²) in [6.07, 6.45) is 5.82. The van der Waals surface area contributed by atoms with Crippen LogP contribution in [-0.2, 0) is 13.1 Å². The molecule has 0 saturated carbocycles. The van der Waals surface area contributed by atoms with Gasteiger partial charge in [0.2, 0.25) is 0 Å². The van der Waals surface area contributed by atoms with Crippen molar-refractivity contribution in [3.8, 4) is 5.69 Å². The molecule has 0 atom stereocenters. The lowest BCUT2D eigenvalue weighted by molar-refractivity contribution is 0.577. The first-order valence-electron chi connectivity index (χ1n) is 7.40. The third-order valence-corrected chi connectivity index (χ3v) is 4.25. The Bertz CT molecular complexity index is 612. The Balaban J connectivity index is 1.73. The number of nitrogens with one attached hydrogen (secondary N) is 1. The van der Waals surface area contributed by atoms with Gasteiger partial charge in [-0.2, -0.15) is 0 Å². The van der Waals surface area contributed by atoms with Crippen LogP contribution < -0.4 is 10.2 Å². The zero-order chi connectivity index (χ0) is 13.4. The molecule has 4 rings (SSSR count). The van der Waals surface area contributed by atoms with E-state index in [-0.39, 0.29) is 0 Å². The van der Waals surface area contributed by atoms with E-state index in [1.807, 2.05) is 10.9 Å². The molecule has 0 unspecified atom stereocenters. The molecule has 0 amide bonds. The third-order valence-electron chi connectivity index (χ3n) is 4.25. The van der Waals surface area contributed by atoms with Crippen molar-refractivity contribution in [3.63, 3.8) is 0 Å². The van der Waals surface area contributed by atoms with Crippen LogP contribution in [0.15, 0.2) is 24.4 Å². The second-order valence-electron chi connectivity index (χ2n) is 5.60. The number of hydrogen-bond acceptors (Lipinski definition) is 4. The summed E-state index contributed by atoms with van der Waals surface area (Å²) in [4.78, 5) is 2.50. The van der Waals surface area contributed by atoms with E-state index in [1.54, 1.807) is 0 Å². The van der Waals surface area contributed by atoms with Gasteiger partial charge >= 0.3 is 0 Å². The van der Waals surface area contributed by atoms with Crippen molar-refractivity contribution in [3.05, 3.63) is 35.7 Å². The molecule has 1 aromatic carbocycles. The largest absolute Gasteiger partial charge is 0.372 e. The maximum absolute atomic E-state index is 4.21. The van der Waals surface area contributed by atoms with Gasteiger partial charge in [-0.1, -0.05) is 5.21 Å². The SMILES string of the molecule is c1cc2c(cc1N1CCCCC1)CNCc1cnnn1-2. The van der Waals surface area contributed by atoms with E-state index in [0.29, 0.717) is 0 Å². The van der Waals surface area contributed by atoms with Crippen molar-refractivity contribution in [2.24, 2.45) is 0 Å². The lowest BCUT2D eigenvalue weighted by Gasteiger charge is -2.29. The second kappa shape index (κ2) is 4.90. The molecule has 1 N–H and O–H groups in total. The van der Waals surface area contributed by atoms with Gasteiger partial charge < -0.3 is 10.2 Å². The predicted octanol–water partition coefficient (Wildman–Crippen LogP) is 1.86. The minimum absolute atomic E-state index is 0.820. The fraction of sp³-hybridized carbons (Fsp3) is 0.467. The van der Waals surface area contributed by atoms with Gasteiger partial charge in [0.15, 0.2) is 0 Å². The quantitative estimate of drug-likeness (QED) is 0.858. The number of hydrogen-bond donors (Lipinski definition) is 1. The van der Waals surface area contributed by atoms with Crippen molar-refractivity contribution in [1.82, 2.24) is 20.3 Å². The minimum atomic E-state index is 0.820. The van der Waals surface area contributed by atoms with E-state index in [2.05, 4.69) is 38.7 Å². The van der Waals surface area contributed by atoms with Gasteiger partial charge in [0.25, 0.3) is 0 Å². The van der Waals surface area contributed by atoms with Crippen LogP contribution in [0.2, 0.25) is 0 Å². The first-order chi connectivity index (χ1) is 9.92. The second-order valence-corrected chi connectivity index (χ2v) is 5.60. The summed E-state index contributed by atoms with van der Waals surface area (Å²) in [7, 11) is 0. The maximum Gasteiger partial charge on any atom is 0.0783 e. The van der Waals surface area contributed by atoms with Crippen LogP contribution >= 0.6 is 0 Å². The normalized spacial score (nSPS) is 18.3. The molecule has 1 saturated heterocycles. The fourth-order valence-electron chi connectivity index (χ4n) is 3.17. The summed E-state index contributed by atoms with van der Waals surface area (Å²) in [5.41, 5.74) is 4.92. The van der Waals surface area contributed by atoms with E-state index in [0.717, 1.165) is 24.5 Å². The molecule has 3 heterocycles. The lowest BCUT2D eigenvalue weighted by Crippen LogP contribution is -2.29. The Labute approximate surface area is 118 Å². The average Bonchev–Trinajstić information content (AvgIpc) is 2.90. The van der Waals surface area contributed by atoms with Gasteiger partial charge in [-0.05, 0) is 43.0 Å².